The first-order valence-electron chi connectivity index (χ1n) is 4.16. The van der Waals surface area contributed by atoms with Gasteiger partial charge in [0, 0.05) is 0 Å². The van der Waals surface area contributed by atoms with Crippen LogP contribution in [0.2, 0.25) is 0 Å². The summed E-state index contributed by atoms with van der Waals surface area (Å²) in [5.41, 5.74) is -2.77. The van der Waals surface area contributed by atoms with Crippen LogP contribution in [0, 0.1) is 0 Å². The number of carboxylic acid groups (broad SMARTS) is 2. The van der Waals surface area contributed by atoms with E-state index >= 15 is 0 Å². The fraction of sp³-hybridized carbons (Fsp3) is 0.600. The van der Waals surface area contributed by atoms with Crippen molar-refractivity contribution in [3.63, 3.8) is 0 Å². The van der Waals surface area contributed by atoms with Gasteiger partial charge in [0.25, 0.3) is 0 Å². The molecule has 0 amide bonds. The minimum atomic E-state index is -5.36. The van der Waals surface area contributed by atoms with Crippen LogP contribution in [0.25, 0.3) is 0 Å². The quantitative estimate of drug-likeness (QED) is 0.260. The van der Waals surface area contributed by atoms with E-state index in [0.29, 0.717) is 0 Å². The zero-order valence-electron chi connectivity index (χ0n) is 8.57. The predicted molar refractivity (Wildman–Crippen MR) is 54.7 cm³/mol. The van der Waals surface area contributed by atoms with Gasteiger partial charge in [0.15, 0.2) is 0 Å². The maximum Gasteiger partial charge on any atom is 0.354 e. The SMILES string of the molecule is O=C(O)CC(NC(P(=O)(O)O)P(=O)(O)O)C(=O)O. The lowest BCUT2D eigenvalue weighted by atomic mass is 10.2. The molecule has 0 spiro atoms. The van der Waals surface area contributed by atoms with Crippen LogP contribution >= 0.6 is 15.2 Å². The lowest BCUT2D eigenvalue weighted by Crippen LogP contribution is -2.44. The van der Waals surface area contributed by atoms with E-state index < -0.39 is 45.1 Å². The first-order valence-corrected chi connectivity index (χ1v) is 7.53. The van der Waals surface area contributed by atoms with Gasteiger partial charge in [0.2, 0.25) is 5.52 Å². The maximum absolute atomic E-state index is 10.8. The highest BCUT2D eigenvalue weighted by Gasteiger charge is 2.45. The number of carboxylic acids is 2. The molecule has 0 heterocycles. The third kappa shape index (κ3) is 5.69. The molecule has 1 atom stereocenters. The van der Waals surface area contributed by atoms with E-state index in [1.807, 2.05) is 0 Å². The van der Waals surface area contributed by atoms with Gasteiger partial charge in [-0.1, -0.05) is 0 Å². The largest absolute Gasteiger partial charge is 0.481 e. The average Bonchev–Trinajstić information content (AvgIpc) is 2.06. The van der Waals surface area contributed by atoms with Crippen molar-refractivity contribution in [2.75, 3.05) is 0 Å². The molecule has 18 heavy (non-hydrogen) atoms. The Morgan fingerprint density at radius 3 is 1.61 bits per heavy atom. The minimum Gasteiger partial charge on any atom is -0.481 e. The van der Waals surface area contributed by atoms with Gasteiger partial charge in [-0.3, -0.25) is 24.0 Å². The Labute approximate surface area is 99.8 Å². The second-order valence-electron chi connectivity index (χ2n) is 3.21. The number of rotatable bonds is 7. The van der Waals surface area contributed by atoms with Gasteiger partial charge < -0.3 is 29.8 Å². The smallest absolute Gasteiger partial charge is 0.354 e. The van der Waals surface area contributed by atoms with Crippen molar-refractivity contribution >= 4 is 27.1 Å². The Bertz CT molecular complexity index is 400. The van der Waals surface area contributed by atoms with Crippen LogP contribution < -0.4 is 5.32 Å². The molecule has 0 aromatic carbocycles. The van der Waals surface area contributed by atoms with E-state index in [1.54, 1.807) is 0 Å². The van der Waals surface area contributed by atoms with Crippen LogP contribution in [0.4, 0.5) is 0 Å². The second-order valence-corrected chi connectivity index (χ2v) is 7.00. The molecule has 0 fully saturated rings. The summed E-state index contributed by atoms with van der Waals surface area (Å²) in [4.78, 5) is 55.7. The van der Waals surface area contributed by atoms with Gasteiger partial charge in [-0.25, -0.2) is 0 Å². The fourth-order valence-electron chi connectivity index (χ4n) is 0.962. The number of carbonyl (C=O) groups is 2. The summed E-state index contributed by atoms with van der Waals surface area (Å²) in [5, 5.41) is 18.4. The van der Waals surface area contributed by atoms with E-state index in [4.69, 9.17) is 29.8 Å². The Hall–Kier alpha value is -0.800. The molecular weight excluding hydrogens is 296 g/mol. The highest BCUT2D eigenvalue weighted by molar-refractivity contribution is 7.70. The molecule has 0 aliphatic carbocycles. The molecule has 0 radical (unpaired) electrons. The third-order valence-corrected chi connectivity index (χ3v) is 5.04. The van der Waals surface area contributed by atoms with Gasteiger partial charge in [-0.2, -0.15) is 0 Å². The molecule has 13 heteroatoms. The van der Waals surface area contributed by atoms with Crippen LogP contribution in [0.1, 0.15) is 6.42 Å². The molecule has 0 saturated heterocycles. The Morgan fingerprint density at radius 1 is 1.00 bits per heavy atom. The monoisotopic (exact) mass is 307 g/mol. The van der Waals surface area contributed by atoms with E-state index in [1.165, 1.54) is 5.32 Å². The molecule has 0 saturated carbocycles. The van der Waals surface area contributed by atoms with Crippen LogP contribution in [-0.4, -0.2) is 53.3 Å². The number of hydrogen-bond acceptors (Lipinski definition) is 5. The molecule has 0 rings (SSSR count). The molecule has 0 aromatic rings. The molecule has 106 valence electrons. The summed E-state index contributed by atoms with van der Waals surface area (Å²) in [6.07, 6.45) is -1.11. The Morgan fingerprint density at radius 2 is 1.39 bits per heavy atom. The van der Waals surface area contributed by atoms with Gasteiger partial charge in [0.1, 0.15) is 6.04 Å². The Balaban J connectivity index is 5.18. The van der Waals surface area contributed by atoms with Crippen molar-refractivity contribution < 1.29 is 48.5 Å². The Kier molecular flexibility index (Phi) is 5.63. The summed E-state index contributed by atoms with van der Waals surface area (Å²) in [5.74, 6) is -3.44. The summed E-state index contributed by atoms with van der Waals surface area (Å²) in [6, 6.07) is -2.05. The molecule has 0 aliphatic heterocycles. The maximum atomic E-state index is 10.8. The standard InChI is InChI=1S/C5H11NO10P2/c7-3(8)1-2(4(9)10)6-5(17(11,12)13)18(14,15)16/h2,5-6H,1H2,(H,7,8)(H,9,10)(H2,11,12,13)(H2,14,15,16). The topological polar surface area (TPSA) is 202 Å². The van der Waals surface area contributed by atoms with Crippen molar-refractivity contribution in [3.05, 3.63) is 0 Å². The van der Waals surface area contributed by atoms with Crippen molar-refractivity contribution in [2.24, 2.45) is 0 Å². The first kappa shape index (κ1) is 17.2. The van der Waals surface area contributed by atoms with Crippen LogP contribution in [-0.2, 0) is 18.7 Å². The normalized spacial score (nSPS) is 14.5. The zero-order valence-corrected chi connectivity index (χ0v) is 10.4. The molecule has 0 aliphatic rings. The van der Waals surface area contributed by atoms with E-state index in [0.717, 1.165) is 0 Å². The second kappa shape index (κ2) is 5.89. The molecule has 1 unspecified atom stereocenters. The van der Waals surface area contributed by atoms with E-state index in [2.05, 4.69) is 0 Å². The summed E-state index contributed by atoms with van der Waals surface area (Å²) < 4.78 is 21.6. The summed E-state index contributed by atoms with van der Waals surface area (Å²) in [6.45, 7) is 0. The molecule has 11 nitrogen and oxygen atoms in total. The molecular formula is C5H11NO10P2. The minimum absolute atomic E-state index is 1.11. The van der Waals surface area contributed by atoms with Crippen molar-refractivity contribution in [1.82, 2.24) is 5.32 Å². The van der Waals surface area contributed by atoms with Crippen molar-refractivity contribution in [1.29, 1.82) is 0 Å². The van der Waals surface area contributed by atoms with Gasteiger partial charge in [-0.15, -0.1) is 0 Å². The third-order valence-electron chi connectivity index (χ3n) is 1.66. The lowest BCUT2D eigenvalue weighted by molar-refractivity contribution is -0.145. The lowest BCUT2D eigenvalue weighted by Gasteiger charge is -2.23. The molecule has 0 aromatic heterocycles. The predicted octanol–water partition coefficient (Wildman–Crippen LogP) is -1.86. The van der Waals surface area contributed by atoms with Crippen LogP contribution in [0.5, 0.6) is 0 Å². The first-order chi connectivity index (χ1) is 7.85. The molecule has 0 bridgehead atoms. The summed E-state index contributed by atoms with van der Waals surface area (Å²) in [7, 11) is -10.7. The van der Waals surface area contributed by atoms with Crippen molar-refractivity contribution in [3.8, 4) is 0 Å². The average molecular weight is 307 g/mol. The fourth-order valence-corrected chi connectivity index (χ4v) is 3.28. The van der Waals surface area contributed by atoms with Crippen molar-refractivity contribution in [2.45, 2.75) is 18.0 Å². The number of hydrogen-bond donors (Lipinski definition) is 7. The zero-order chi connectivity index (χ0) is 14.7. The molecule has 7 N–H and O–H groups in total. The van der Waals surface area contributed by atoms with Gasteiger partial charge >= 0.3 is 27.1 Å². The highest BCUT2D eigenvalue weighted by Crippen LogP contribution is 2.58. The highest BCUT2D eigenvalue weighted by atomic mass is 31.2. The summed E-state index contributed by atoms with van der Waals surface area (Å²) >= 11 is 0. The van der Waals surface area contributed by atoms with E-state index in [-0.39, 0.29) is 0 Å². The van der Waals surface area contributed by atoms with Gasteiger partial charge in [0.05, 0.1) is 6.42 Å². The number of aliphatic carboxylic acids is 2. The van der Waals surface area contributed by atoms with Crippen LogP contribution in [0.15, 0.2) is 0 Å². The van der Waals surface area contributed by atoms with Gasteiger partial charge in [-0.05, 0) is 0 Å². The number of nitrogens with one attached hydrogen (secondary N) is 1. The van der Waals surface area contributed by atoms with E-state index in [9.17, 15) is 18.7 Å². The van der Waals surface area contributed by atoms with Crippen LogP contribution in [0.3, 0.4) is 0 Å².